The van der Waals surface area contributed by atoms with E-state index in [1.54, 1.807) is 37.4 Å². The van der Waals surface area contributed by atoms with Crippen molar-refractivity contribution in [2.24, 2.45) is 5.10 Å². The number of hydrazone groups is 1. The molecule has 0 aliphatic heterocycles. The number of rotatable bonds is 7. The van der Waals surface area contributed by atoms with Gasteiger partial charge in [-0.05, 0) is 37.3 Å². The van der Waals surface area contributed by atoms with E-state index in [1.807, 2.05) is 6.92 Å². The van der Waals surface area contributed by atoms with Crippen molar-refractivity contribution in [3.8, 4) is 17.4 Å². The molecule has 1 aromatic carbocycles. The molecule has 0 amide bonds. The van der Waals surface area contributed by atoms with Crippen LogP contribution >= 0.6 is 0 Å². The van der Waals surface area contributed by atoms with Crippen LogP contribution in [0.5, 0.6) is 0 Å². The number of benzene rings is 1. The van der Waals surface area contributed by atoms with E-state index in [-0.39, 0.29) is 5.69 Å². The Morgan fingerprint density at radius 2 is 2.10 bits per heavy atom. The Bertz CT molecular complexity index is 1100. The van der Waals surface area contributed by atoms with E-state index in [4.69, 9.17) is 9.15 Å². The van der Waals surface area contributed by atoms with Crippen molar-refractivity contribution in [2.45, 2.75) is 13.5 Å². The molecule has 0 spiro atoms. The number of nitro groups is 1. The molecule has 0 unspecified atom stereocenters. The molecule has 0 saturated heterocycles. The quantitative estimate of drug-likeness (QED) is 0.366. The number of pyridine rings is 1. The smallest absolute Gasteiger partial charge is 0.269 e. The van der Waals surface area contributed by atoms with Crippen molar-refractivity contribution in [3.05, 3.63) is 75.2 Å². The van der Waals surface area contributed by atoms with Crippen LogP contribution in [-0.4, -0.2) is 23.2 Å². The number of hydrogen-bond acceptors (Lipinski definition) is 8. The normalized spacial score (nSPS) is 10.8. The lowest BCUT2D eigenvalue weighted by atomic mass is 10.1. The van der Waals surface area contributed by atoms with E-state index in [2.05, 4.69) is 21.6 Å². The molecule has 0 bridgehead atoms. The molecule has 9 heteroatoms. The first kappa shape index (κ1) is 19.7. The van der Waals surface area contributed by atoms with Crippen molar-refractivity contribution in [3.63, 3.8) is 0 Å². The lowest BCUT2D eigenvalue weighted by Gasteiger charge is -2.08. The van der Waals surface area contributed by atoms with Crippen molar-refractivity contribution in [2.75, 3.05) is 12.5 Å². The number of aryl methyl sites for hydroxylation is 1. The van der Waals surface area contributed by atoms with Crippen LogP contribution in [0.1, 0.15) is 22.6 Å². The van der Waals surface area contributed by atoms with Gasteiger partial charge in [-0.2, -0.15) is 10.4 Å². The summed E-state index contributed by atoms with van der Waals surface area (Å²) in [5, 5.41) is 24.3. The highest BCUT2D eigenvalue weighted by atomic mass is 16.6. The molecule has 2 heterocycles. The highest BCUT2D eigenvalue weighted by Crippen LogP contribution is 2.24. The summed E-state index contributed by atoms with van der Waals surface area (Å²) in [7, 11) is 1.56. The first-order valence-corrected chi connectivity index (χ1v) is 8.55. The standard InChI is InChI=1S/C20H17N5O4/c1-13-9-15(12-28-2)18(10-21)20(23-13)24-22-11-17-7-8-19(29-17)14-3-5-16(6-4-14)25(26)27/h3-9,11H,12H2,1-2H3,(H,23,24). The molecular weight excluding hydrogens is 374 g/mol. The molecule has 1 N–H and O–H groups in total. The minimum absolute atomic E-state index is 0.0121. The summed E-state index contributed by atoms with van der Waals surface area (Å²) in [6, 6.07) is 13.4. The maximum absolute atomic E-state index is 10.7. The highest BCUT2D eigenvalue weighted by Gasteiger charge is 2.11. The molecule has 0 atom stereocenters. The maximum Gasteiger partial charge on any atom is 0.269 e. The van der Waals surface area contributed by atoms with E-state index in [0.717, 1.165) is 11.3 Å². The summed E-state index contributed by atoms with van der Waals surface area (Å²) in [4.78, 5) is 14.6. The van der Waals surface area contributed by atoms with Gasteiger partial charge in [0.25, 0.3) is 5.69 Å². The van der Waals surface area contributed by atoms with Crippen molar-refractivity contribution < 1.29 is 14.1 Å². The molecule has 29 heavy (non-hydrogen) atoms. The molecule has 2 aromatic heterocycles. The van der Waals surface area contributed by atoms with Gasteiger partial charge in [0.05, 0.1) is 17.7 Å². The number of non-ortho nitro benzene ring substituents is 1. The first-order valence-electron chi connectivity index (χ1n) is 8.55. The molecule has 3 rings (SSSR count). The molecule has 3 aromatic rings. The van der Waals surface area contributed by atoms with Crippen LogP contribution in [0, 0.1) is 28.4 Å². The largest absolute Gasteiger partial charge is 0.455 e. The summed E-state index contributed by atoms with van der Waals surface area (Å²) >= 11 is 0. The zero-order valence-electron chi connectivity index (χ0n) is 15.7. The number of nitrogens with one attached hydrogen (secondary N) is 1. The minimum atomic E-state index is -0.456. The van der Waals surface area contributed by atoms with Gasteiger partial charge in [-0.15, -0.1) is 0 Å². The van der Waals surface area contributed by atoms with E-state index in [1.165, 1.54) is 18.3 Å². The second-order valence-corrected chi connectivity index (χ2v) is 6.07. The predicted molar refractivity (Wildman–Crippen MR) is 106 cm³/mol. The minimum Gasteiger partial charge on any atom is -0.455 e. The van der Waals surface area contributed by atoms with Gasteiger partial charge in [0.15, 0.2) is 5.82 Å². The fourth-order valence-corrected chi connectivity index (χ4v) is 2.70. The fourth-order valence-electron chi connectivity index (χ4n) is 2.70. The number of hydrogen-bond donors (Lipinski definition) is 1. The van der Waals surface area contributed by atoms with Gasteiger partial charge in [-0.1, -0.05) is 0 Å². The van der Waals surface area contributed by atoms with Gasteiger partial charge < -0.3 is 9.15 Å². The number of methoxy groups -OCH3 is 1. The lowest BCUT2D eigenvalue weighted by Crippen LogP contribution is -2.03. The van der Waals surface area contributed by atoms with Crippen molar-refractivity contribution >= 4 is 17.7 Å². The van der Waals surface area contributed by atoms with Crippen LogP contribution < -0.4 is 5.43 Å². The highest BCUT2D eigenvalue weighted by molar-refractivity contribution is 5.78. The van der Waals surface area contributed by atoms with E-state index >= 15 is 0 Å². The summed E-state index contributed by atoms with van der Waals surface area (Å²) in [6.45, 7) is 2.11. The molecule has 0 aliphatic rings. The van der Waals surface area contributed by atoms with Gasteiger partial charge in [-0.25, -0.2) is 4.98 Å². The van der Waals surface area contributed by atoms with Crippen LogP contribution in [-0.2, 0) is 11.3 Å². The van der Waals surface area contributed by atoms with Gasteiger partial charge in [-0.3, -0.25) is 15.5 Å². The summed E-state index contributed by atoms with van der Waals surface area (Å²) in [5.41, 5.74) is 5.30. The van der Waals surface area contributed by atoms with Crippen molar-refractivity contribution in [1.29, 1.82) is 5.26 Å². The van der Waals surface area contributed by atoms with Gasteiger partial charge in [0.2, 0.25) is 0 Å². The fraction of sp³-hybridized carbons (Fsp3) is 0.150. The monoisotopic (exact) mass is 391 g/mol. The van der Waals surface area contributed by atoms with E-state index < -0.39 is 4.92 Å². The second kappa shape index (κ2) is 8.77. The number of aromatic nitrogens is 1. The number of nitro benzene ring substituents is 1. The average molecular weight is 391 g/mol. The predicted octanol–water partition coefficient (Wildman–Crippen LogP) is 4.02. The zero-order valence-corrected chi connectivity index (χ0v) is 15.7. The molecule has 0 radical (unpaired) electrons. The third-order valence-corrected chi connectivity index (χ3v) is 3.99. The Balaban J connectivity index is 1.75. The van der Waals surface area contributed by atoms with Crippen LogP contribution in [0.25, 0.3) is 11.3 Å². The molecule has 0 aliphatic carbocycles. The zero-order chi connectivity index (χ0) is 20.8. The first-order chi connectivity index (χ1) is 14.0. The molecule has 9 nitrogen and oxygen atoms in total. The number of furan rings is 1. The number of ether oxygens (including phenoxy) is 1. The van der Waals surface area contributed by atoms with Gasteiger partial charge in [0.1, 0.15) is 23.2 Å². The van der Waals surface area contributed by atoms with Crippen LogP contribution in [0.4, 0.5) is 11.5 Å². The lowest BCUT2D eigenvalue weighted by molar-refractivity contribution is -0.384. The Morgan fingerprint density at radius 3 is 2.76 bits per heavy atom. The second-order valence-electron chi connectivity index (χ2n) is 6.07. The van der Waals surface area contributed by atoms with Crippen LogP contribution in [0.15, 0.2) is 52.0 Å². The average Bonchev–Trinajstić information content (AvgIpc) is 3.17. The maximum atomic E-state index is 10.7. The Morgan fingerprint density at radius 1 is 1.34 bits per heavy atom. The van der Waals surface area contributed by atoms with Gasteiger partial charge in [0, 0.05) is 36.1 Å². The topological polar surface area (TPSA) is 127 Å². The summed E-state index contributed by atoms with van der Waals surface area (Å²) < 4.78 is 10.8. The van der Waals surface area contributed by atoms with Crippen LogP contribution in [0.2, 0.25) is 0 Å². The van der Waals surface area contributed by atoms with E-state index in [0.29, 0.717) is 35.1 Å². The summed E-state index contributed by atoms with van der Waals surface area (Å²) in [5.74, 6) is 1.35. The number of anilines is 1. The Labute approximate surface area is 166 Å². The van der Waals surface area contributed by atoms with Gasteiger partial charge >= 0.3 is 0 Å². The Kier molecular flexibility index (Phi) is 5.97. The molecule has 0 fully saturated rings. The molecule has 146 valence electrons. The molecule has 0 saturated carbocycles. The third-order valence-electron chi connectivity index (χ3n) is 3.99. The van der Waals surface area contributed by atoms with Crippen molar-refractivity contribution in [1.82, 2.24) is 4.98 Å². The van der Waals surface area contributed by atoms with Crippen LogP contribution in [0.3, 0.4) is 0 Å². The third kappa shape index (κ3) is 4.63. The Hall–Kier alpha value is -4.03. The number of nitriles is 1. The SMILES string of the molecule is COCc1cc(C)nc(NN=Cc2ccc(-c3ccc([N+](=O)[O-])cc3)o2)c1C#N. The van der Waals surface area contributed by atoms with E-state index in [9.17, 15) is 15.4 Å². The summed E-state index contributed by atoms with van der Waals surface area (Å²) in [6.07, 6.45) is 1.45. The number of nitrogens with zero attached hydrogens (tertiary/aromatic N) is 4. The molecular formula is C20H17N5O4.